The van der Waals surface area contributed by atoms with Gasteiger partial charge in [-0.05, 0) is 56.9 Å². The molecule has 0 saturated carbocycles. The first-order valence-electron chi connectivity index (χ1n) is 12.7. The van der Waals surface area contributed by atoms with Gasteiger partial charge >= 0.3 is 5.97 Å². The van der Waals surface area contributed by atoms with Gasteiger partial charge in [0.05, 0.1) is 25.2 Å². The Labute approximate surface area is 217 Å². The van der Waals surface area contributed by atoms with E-state index in [1.807, 2.05) is 6.92 Å². The molecule has 1 N–H and O–H groups in total. The van der Waals surface area contributed by atoms with Crippen LogP contribution in [0.1, 0.15) is 32.6 Å². The van der Waals surface area contributed by atoms with Crippen LogP contribution in [0.2, 0.25) is 0 Å². The number of aliphatic hydroxyl groups is 1. The van der Waals surface area contributed by atoms with Crippen molar-refractivity contribution < 1.29 is 33.7 Å². The van der Waals surface area contributed by atoms with Crippen LogP contribution < -0.4 is 9.64 Å². The van der Waals surface area contributed by atoms with Crippen molar-refractivity contribution in [3.8, 4) is 5.75 Å². The molecule has 1 aromatic carbocycles. The molecular formula is C28H36N2O7. The number of rotatable bonds is 12. The van der Waals surface area contributed by atoms with E-state index in [1.54, 1.807) is 48.4 Å². The topological polar surface area (TPSA) is 106 Å². The molecule has 3 saturated heterocycles. The zero-order chi connectivity index (χ0) is 26.8. The number of anilines is 1. The van der Waals surface area contributed by atoms with Gasteiger partial charge in [0.25, 0.3) is 5.91 Å². The number of hydrogen-bond donors (Lipinski definition) is 1. The van der Waals surface area contributed by atoms with Crippen molar-refractivity contribution in [2.45, 2.75) is 49.9 Å². The average molecular weight is 513 g/mol. The first-order valence-corrected chi connectivity index (χ1v) is 12.7. The monoisotopic (exact) mass is 512 g/mol. The summed E-state index contributed by atoms with van der Waals surface area (Å²) in [7, 11) is 1.57. The highest BCUT2D eigenvalue weighted by Crippen LogP contribution is 2.63. The highest BCUT2D eigenvalue weighted by Gasteiger charge is 2.78. The predicted molar refractivity (Wildman–Crippen MR) is 137 cm³/mol. The first-order chi connectivity index (χ1) is 17.8. The molecule has 200 valence electrons. The number of carbonyl (C=O) groups excluding carboxylic acids is 3. The molecule has 9 heteroatoms. The number of aliphatic hydroxyl groups excluding tert-OH is 1. The molecule has 9 nitrogen and oxygen atoms in total. The summed E-state index contributed by atoms with van der Waals surface area (Å²) in [6, 6.07) is 6.12. The number of fused-ring (bicyclic) bond motifs is 1. The van der Waals surface area contributed by atoms with Gasteiger partial charge in [0.2, 0.25) is 5.91 Å². The third-order valence-corrected chi connectivity index (χ3v) is 7.85. The summed E-state index contributed by atoms with van der Waals surface area (Å²) in [6.45, 7) is 9.72. The molecule has 37 heavy (non-hydrogen) atoms. The van der Waals surface area contributed by atoms with Crippen molar-refractivity contribution in [3.05, 3.63) is 49.6 Å². The van der Waals surface area contributed by atoms with Crippen molar-refractivity contribution in [2.24, 2.45) is 11.8 Å². The van der Waals surface area contributed by atoms with Crippen LogP contribution in [0.5, 0.6) is 5.75 Å². The summed E-state index contributed by atoms with van der Waals surface area (Å²) in [4.78, 5) is 44.5. The number of hydrogen-bond acceptors (Lipinski definition) is 7. The van der Waals surface area contributed by atoms with Gasteiger partial charge in [-0.15, -0.1) is 13.2 Å². The molecule has 1 spiro atoms. The normalized spacial score (nSPS) is 29.6. The van der Waals surface area contributed by atoms with Gasteiger partial charge in [-0.1, -0.05) is 12.2 Å². The Morgan fingerprint density at radius 1 is 1.24 bits per heavy atom. The van der Waals surface area contributed by atoms with Crippen LogP contribution >= 0.6 is 0 Å². The van der Waals surface area contributed by atoms with Crippen LogP contribution in [-0.4, -0.2) is 78.4 Å². The second-order valence-electron chi connectivity index (χ2n) is 10.0. The lowest BCUT2D eigenvalue weighted by Crippen LogP contribution is -2.56. The van der Waals surface area contributed by atoms with Crippen LogP contribution in [0, 0.1) is 11.8 Å². The van der Waals surface area contributed by atoms with E-state index in [0.29, 0.717) is 37.1 Å². The molecule has 5 atom stereocenters. The number of esters is 1. The molecule has 3 aliphatic heterocycles. The van der Waals surface area contributed by atoms with E-state index in [4.69, 9.17) is 14.2 Å². The van der Waals surface area contributed by atoms with E-state index in [1.165, 1.54) is 4.90 Å². The van der Waals surface area contributed by atoms with Gasteiger partial charge < -0.3 is 29.1 Å². The number of likely N-dealkylation sites (tertiary alicyclic amines) is 1. The maximum atomic E-state index is 14.3. The lowest BCUT2D eigenvalue weighted by atomic mass is 9.66. The third-order valence-electron chi connectivity index (χ3n) is 7.85. The van der Waals surface area contributed by atoms with E-state index >= 15 is 0 Å². The second-order valence-corrected chi connectivity index (χ2v) is 10.0. The van der Waals surface area contributed by atoms with E-state index in [-0.39, 0.29) is 38.1 Å². The highest BCUT2D eigenvalue weighted by molar-refractivity contribution is 6.04. The average Bonchev–Trinajstić information content (AvgIpc) is 3.46. The van der Waals surface area contributed by atoms with Gasteiger partial charge in [-0.25, -0.2) is 0 Å². The highest BCUT2D eigenvalue weighted by atomic mass is 16.6. The molecule has 0 aromatic heterocycles. The second kappa shape index (κ2) is 10.7. The van der Waals surface area contributed by atoms with Crippen LogP contribution in [-0.2, 0) is 23.9 Å². The summed E-state index contributed by atoms with van der Waals surface area (Å²) in [5.41, 5.74) is -1.44. The Morgan fingerprint density at radius 3 is 2.59 bits per heavy atom. The van der Waals surface area contributed by atoms with E-state index < -0.39 is 35.0 Å². The fraction of sp³-hybridized carbons (Fsp3) is 0.536. The van der Waals surface area contributed by atoms with Gasteiger partial charge in [-0.2, -0.15) is 0 Å². The molecule has 3 fully saturated rings. The summed E-state index contributed by atoms with van der Waals surface area (Å²) in [5.74, 6) is -2.12. The number of ether oxygens (including phenoxy) is 3. The zero-order valence-electron chi connectivity index (χ0n) is 21.6. The summed E-state index contributed by atoms with van der Waals surface area (Å²) in [5, 5.41) is 9.52. The van der Waals surface area contributed by atoms with Gasteiger partial charge in [0, 0.05) is 25.4 Å². The molecule has 2 unspecified atom stereocenters. The summed E-state index contributed by atoms with van der Waals surface area (Å²) < 4.78 is 17.3. The first kappa shape index (κ1) is 26.9. The molecule has 2 amide bonds. The Hall–Kier alpha value is -3.17. The molecule has 1 aromatic rings. The van der Waals surface area contributed by atoms with Crippen molar-refractivity contribution >= 4 is 23.5 Å². The fourth-order valence-electron chi connectivity index (χ4n) is 6.24. The van der Waals surface area contributed by atoms with Crippen molar-refractivity contribution in [1.29, 1.82) is 0 Å². The SMILES string of the molecule is C=CCCOC(=O)[C@H]1[C@H]2C(=O)N(CCCO)C(C(=O)N(CC=C)c3ccc(OC)cc3)C23CC[C@]1(C)O3. The van der Waals surface area contributed by atoms with Crippen LogP contribution in [0.15, 0.2) is 49.6 Å². The standard InChI is InChI=1S/C28H36N2O7/c1-5-7-18-36-26(34)22-21-24(32)30(16-8-17-31)23(28(21)14-13-27(22,3)37-28)25(33)29(15-6-2)19-9-11-20(35-4)12-10-19/h5-6,9-12,21-23,31H,1-2,7-8,13-18H2,3-4H3/t21-,22+,23?,27-,28?/m0/s1. The van der Waals surface area contributed by atoms with Crippen molar-refractivity contribution in [3.63, 3.8) is 0 Å². The number of amides is 2. The van der Waals surface area contributed by atoms with E-state index in [9.17, 15) is 19.5 Å². The maximum absolute atomic E-state index is 14.3. The lowest BCUT2D eigenvalue weighted by Gasteiger charge is -2.36. The molecule has 4 rings (SSSR count). The molecule has 3 aliphatic rings. The lowest BCUT2D eigenvalue weighted by molar-refractivity contribution is -0.159. The minimum atomic E-state index is -1.16. The summed E-state index contributed by atoms with van der Waals surface area (Å²) >= 11 is 0. The minimum Gasteiger partial charge on any atom is -0.497 e. The molecule has 3 heterocycles. The van der Waals surface area contributed by atoms with Crippen molar-refractivity contribution in [2.75, 3.05) is 38.3 Å². The fourth-order valence-corrected chi connectivity index (χ4v) is 6.24. The zero-order valence-corrected chi connectivity index (χ0v) is 21.6. The van der Waals surface area contributed by atoms with Crippen LogP contribution in [0.4, 0.5) is 5.69 Å². The maximum Gasteiger partial charge on any atom is 0.312 e. The minimum absolute atomic E-state index is 0.136. The largest absolute Gasteiger partial charge is 0.497 e. The smallest absolute Gasteiger partial charge is 0.312 e. The Morgan fingerprint density at radius 2 is 1.97 bits per heavy atom. The van der Waals surface area contributed by atoms with E-state index in [2.05, 4.69) is 13.2 Å². The Kier molecular flexibility index (Phi) is 7.75. The number of carbonyl (C=O) groups is 3. The van der Waals surface area contributed by atoms with Crippen LogP contribution in [0.3, 0.4) is 0 Å². The number of nitrogens with zero attached hydrogens (tertiary/aromatic N) is 2. The van der Waals surface area contributed by atoms with Gasteiger partial charge in [-0.3, -0.25) is 14.4 Å². The predicted octanol–water partition coefficient (Wildman–Crippen LogP) is 2.48. The van der Waals surface area contributed by atoms with Crippen LogP contribution in [0.25, 0.3) is 0 Å². The van der Waals surface area contributed by atoms with Crippen molar-refractivity contribution in [1.82, 2.24) is 4.90 Å². The Balaban J connectivity index is 1.74. The molecule has 0 aliphatic carbocycles. The number of benzene rings is 1. The van der Waals surface area contributed by atoms with Gasteiger partial charge in [0.1, 0.15) is 23.3 Å². The Bertz CT molecular complexity index is 1060. The van der Waals surface area contributed by atoms with Gasteiger partial charge in [0.15, 0.2) is 0 Å². The summed E-state index contributed by atoms with van der Waals surface area (Å²) in [6.07, 6.45) is 5.08. The number of methoxy groups -OCH3 is 1. The molecular weight excluding hydrogens is 476 g/mol. The molecule has 2 bridgehead atoms. The van der Waals surface area contributed by atoms with E-state index in [0.717, 1.165) is 0 Å². The quantitative estimate of drug-likeness (QED) is 0.261. The molecule has 0 radical (unpaired) electrons. The third kappa shape index (κ3) is 4.44.